The lowest BCUT2D eigenvalue weighted by Gasteiger charge is -2.14. The second kappa shape index (κ2) is 9.96. The Labute approximate surface area is 192 Å². The third-order valence-corrected chi connectivity index (χ3v) is 5.15. The molecule has 0 bridgehead atoms. The molecule has 2 amide bonds. The zero-order chi connectivity index (χ0) is 23.2. The molecule has 0 N–H and O–H groups in total. The number of imide groups is 1. The highest BCUT2D eigenvalue weighted by Crippen LogP contribution is 2.30. The molecule has 0 saturated heterocycles. The molecule has 33 heavy (non-hydrogen) atoms. The van der Waals surface area contributed by atoms with E-state index in [4.69, 9.17) is 9.47 Å². The molecule has 1 aliphatic rings. The van der Waals surface area contributed by atoms with Crippen LogP contribution in [0.2, 0.25) is 0 Å². The fourth-order valence-electron chi connectivity index (χ4n) is 3.43. The van der Waals surface area contributed by atoms with Gasteiger partial charge in [0.25, 0.3) is 11.8 Å². The van der Waals surface area contributed by atoms with Crippen molar-refractivity contribution in [3.8, 4) is 11.5 Å². The van der Waals surface area contributed by atoms with E-state index in [1.54, 1.807) is 48.5 Å². The van der Waals surface area contributed by atoms with Gasteiger partial charge in [-0.1, -0.05) is 43.7 Å². The summed E-state index contributed by atoms with van der Waals surface area (Å²) in [5.41, 5.74) is 1.88. The van der Waals surface area contributed by atoms with Crippen molar-refractivity contribution in [1.29, 1.82) is 0 Å². The Kier molecular flexibility index (Phi) is 6.64. The number of unbranched alkanes of at least 4 members (excludes halogenated alkanes) is 1. The van der Waals surface area contributed by atoms with Gasteiger partial charge in [0.15, 0.2) is 0 Å². The van der Waals surface area contributed by atoms with Gasteiger partial charge in [-0.3, -0.25) is 9.59 Å². The van der Waals surface area contributed by atoms with Crippen LogP contribution in [0.5, 0.6) is 11.5 Å². The van der Waals surface area contributed by atoms with Crippen LogP contribution in [0.15, 0.2) is 78.9 Å². The van der Waals surface area contributed by atoms with Crippen LogP contribution in [0.1, 0.15) is 46.0 Å². The molecule has 0 radical (unpaired) electrons. The molecule has 166 valence electrons. The van der Waals surface area contributed by atoms with Crippen molar-refractivity contribution in [1.82, 2.24) is 0 Å². The van der Waals surface area contributed by atoms with Crippen molar-refractivity contribution in [2.75, 3.05) is 11.5 Å². The predicted molar refractivity (Wildman–Crippen MR) is 126 cm³/mol. The Bertz CT molecular complexity index is 1180. The van der Waals surface area contributed by atoms with Gasteiger partial charge in [0.1, 0.15) is 11.5 Å². The lowest BCUT2D eigenvalue weighted by Crippen LogP contribution is -2.29. The van der Waals surface area contributed by atoms with E-state index in [0.29, 0.717) is 23.4 Å². The number of hydrogen-bond acceptors (Lipinski definition) is 5. The number of ether oxygens (including phenoxy) is 2. The minimum atomic E-state index is -0.571. The van der Waals surface area contributed by atoms with Crippen molar-refractivity contribution in [2.45, 2.75) is 19.8 Å². The van der Waals surface area contributed by atoms with Crippen molar-refractivity contribution in [3.63, 3.8) is 0 Å². The largest absolute Gasteiger partial charge is 0.494 e. The van der Waals surface area contributed by atoms with Crippen LogP contribution in [-0.4, -0.2) is 24.4 Å². The zero-order valence-corrected chi connectivity index (χ0v) is 18.2. The molecule has 1 heterocycles. The van der Waals surface area contributed by atoms with Gasteiger partial charge >= 0.3 is 5.97 Å². The van der Waals surface area contributed by atoms with Crippen LogP contribution < -0.4 is 14.4 Å². The first kappa shape index (κ1) is 22.0. The monoisotopic (exact) mass is 441 g/mol. The van der Waals surface area contributed by atoms with Crippen LogP contribution in [0, 0.1) is 0 Å². The fraction of sp³-hybridized carbons (Fsp3) is 0.148. The first-order chi connectivity index (χ1) is 16.1. The van der Waals surface area contributed by atoms with Crippen LogP contribution in [0.25, 0.3) is 6.08 Å². The molecule has 0 fully saturated rings. The van der Waals surface area contributed by atoms with E-state index >= 15 is 0 Å². The van der Waals surface area contributed by atoms with Gasteiger partial charge in [0, 0.05) is 12.1 Å². The quantitative estimate of drug-likeness (QED) is 0.156. The molecule has 6 heteroatoms. The first-order valence-electron chi connectivity index (χ1n) is 10.8. The van der Waals surface area contributed by atoms with Crippen LogP contribution >= 0.6 is 0 Å². The van der Waals surface area contributed by atoms with Gasteiger partial charge in [-0.05, 0) is 54.5 Å². The predicted octanol–water partition coefficient (Wildman–Crippen LogP) is 5.28. The number of benzene rings is 3. The van der Waals surface area contributed by atoms with Crippen molar-refractivity contribution < 1.29 is 23.9 Å². The maximum atomic E-state index is 12.7. The summed E-state index contributed by atoms with van der Waals surface area (Å²) in [5, 5.41) is 0. The number of hydrogen-bond donors (Lipinski definition) is 0. The summed E-state index contributed by atoms with van der Waals surface area (Å²) in [4.78, 5) is 38.7. The second-order valence-electron chi connectivity index (χ2n) is 7.51. The molecule has 0 atom stereocenters. The summed E-state index contributed by atoms with van der Waals surface area (Å²) in [7, 11) is 0. The molecule has 1 aliphatic heterocycles. The summed E-state index contributed by atoms with van der Waals surface area (Å²) in [6.07, 6.45) is 5.04. The van der Waals surface area contributed by atoms with Crippen molar-refractivity contribution in [2.24, 2.45) is 0 Å². The average Bonchev–Trinajstić information content (AvgIpc) is 3.09. The molecule has 0 unspecified atom stereocenters. The van der Waals surface area contributed by atoms with Crippen molar-refractivity contribution >= 4 is 29.5 Å². The smallest absolute Gasteiger partial charge is 0.336 e. The third-order valence-electron chi connectivity index (χ3n) is 5.15. The van der Waals surface area contributed by atoms with Gasteiger partial charge in [0.2, 0.25) is 0 Å². The molecule has 4 rings (SSSR count). The topological polar surface area (TPSA) is 72.9 Å². The molecule has 0 aliphatic carbocycles. The normalized spacial score (nSPS) is 12.8. The SMILES string of the molecule is CCCCOc1ccc(/C=C/C(=O)Oc2cccc(N3C(=O)c4ccccc4C3=O)c2)cc1. The standard InChI is InChI=1S/C27H23NO5/c1-2-3-17-32-21-14-11-19(12-15-21)13-16-25(29)33-22-8-6-7-20(18-22)28-26(30)23-9-4-5-10-24(23)27(28)31/h4-16,18H,2-3,17H2,1H3/b16-13+. The molecular weight excluding hydrogens is 418 g/mol. The maximum absolute atomic E-state index is 12.7. The molecule has 0 spiro atoms. The highest BCUT2D eigenvalue weighted by molar-refractivity contribution is 6.34. The molecule has 0 saturated carbocycles. The number of fused-ring (bicyclic) bond motifs is 1. The van der Waals surface area contributed by atoms with Gasteiger partial charge in [-0.25, -0.2) is 9.69 Å². The first-order valence-corrected chi connectivity index (χ1v) is 10.8. The number of amides is 2. The highest BCUT2D eigenvalue weighted by Gasteiger charge is 2.36. The Balaban J connectivity index is 1.40. The minimum Gasteiger partial charge on any atom is -0.494 e. The lowest BCUT2D eigenvalue weighted by molar-refractivity contribution is -0.128. The van der Waals surface area contributed by atoms with Gasteiger partial charge < -0.3 is 9.47 Å². The summed E-state index contributed by atoms with van der Waals surface area (Å²) in [6.45, 7) is 2.79. The van der Waals surface area contributed by atoms with Crippen LogP contribution in [0.4, 0.5) is 5.69 Å². The average molecular weight is 441 g/mol. The number of carbonyl (C=O) groups is 3. The lowest BCUT2D eigenvalue weighted by atomic mass is 10.1. The van der Waals surface area contributed by atoms with Crippen molar-refractivity contribution in [3.05, 3.63) is 95.6 Å². The van der Waals surface area contributed by atoms with Gasteiger partial charge in [0.05, 0.1) is 23.4 Å². The van der Waals surface area contributed by atoms with Crippen LogP contribution in [0.3, 0.4) is 0 Å². The van der Waals surface area contributed by atoms with E-state index in [1.807, 2.05) is 24.3 Å². The number of rotatable bonds is 8. The van der Waals surface area contributed by atoms with E-state index in [-0.39, 0.29) is 5.75 Å². The summed E-state index contributed by atoms with van der Waals surface area (Å²) in [5.74, 6) is -0.355. The number of anilines is 1. The van der Waals surface area contributed by atoms with Gasteiger partial charge in [-0.15, -0.1) is 0 Å². The Morgan fingerprint density at radius 2 is 1.58 bits per heavy atom. The van der Waals surface area contributed by atoms with E-state index < -0.39 is 17.8 Å². The zero-order valence-electron chi connectivity index (χ0n) is 18.2. The number of nitrogens with zero attached hydrogens (tertiary/aromatic N) is 1. The minimum absolute atomic E-state index is 0.235. The van der Waals surface area contributed by atoms with Gasteiger partial charge in [-0.2, -0.15) is 0 Å². The number of esters is 1. The van der Waals surface area contributed by atoms with E-state index in [0.717, 1.165) is 29.1 Å². The molecule has 3 aromatic carbocycles. The number of carbonyl (C=O) groups excluding carboxylic acids is 3. The fourth-order valence-corrected chi connectivity index (χ4v) is 3.43. The van der Waals surface area contributed by atoms with E-state index in [2.05, 4.69) is 6.92 Å². The molecule has 6 nitrogen and oxygen atoms in total. The van der Waals surface area contributed by atoms with Crippen LogP contribution in [-0.2, 0) is 4.79 Å². The molecular formula is C27H23NO5. The summed E-state index contributed by atoms with van der Waals surface area (Å²) >= 11 is 0. The highest BCUT2D eigenvalue weighted by atomic mass is 16.5. The van der Waals surface area contributed by atoms with E-state index in [1.165, 1.54) is 12.1 Å². The third kappa shape index (κ3) is 5.01. The Hall–Kier alpha value is -4.19. The molecule has 0 aromatic heterocycles. The Morgan fingerprint density at radius 3 is 2.24 bits per heavy atom. The Morgan fingerprint density at radius 1 is 0.879 bits per heavy atom. The maximum Gasteiger partial charge on any atom is 0.336 e. The summed E-state index contributed by atoms with van der Waals surface area (Å²) < 4.78 is 11.0. The molecule has 3 aromatic rings. The van der Waals surface area contributed by atoms with E-state index in [9.17, 15) is 14.4 Å². The summed E-state index contributed by atoms with van der Waals surface area (Å²) in [6, 6.07) is 20.4. The second-order valence-corrected chi connectivity index (χ2v) is 7.51.